The summed E-state index contributed by atoms with van der Waals surface area (Å²) >= 11 is 0. The van der Waals surface area contributed by atoms with E-state index < -0.39 is 0 Å². The van der Waals surface area contributed by atoms with Crippen molar-refractivity contribution in [3.05, 3.63) is 60.2 Å². The Balaban J connectivity index is 2.01. The number of hydrogen-bond donors (Lipinski definition) is 0. The average molecular weight is 252 g/mol. The average Bonchev–Trinajstić information content (AvgIpc) is 2.46. The second kappa shape index (κ2) is 6.33. The molecule has 0 aliphatic rings. The van der Waals surface area contributed by atoms with Crippen LogP contribution in [-0.2, 0) is 11.2 Å². The van der Waals surface area contributed by atoms with E-state index in [1.54, 1.807) is 0 Å². The Labute approximate surface area is 115 Å². The van der Waals surface area contributed by atoms with Gasteiger partial charge >= 0.3 is 0 Å². The molecule has 0 bridgehead atoms. The number of carbonyl (C=O) groups excluding carboxylic acids is 1. The summed E-state index contributed by atoms with van der Waals surface area (Å²) in [7, 11) is 0. The fourth-order valence-electron chi connectivity index (χ4n) is 2.05. The molecule has 1 nitrogen and oxygen atoms in total. The third-order valence-corrected chi connectivity index (χ3v) is 3.37. The highest BCUT2D eigenvalue weighted by Gasteiger charge is 2.07. The molecule has 0 aromatic heterocycles. The van der Waals surface area contributed by atoms with Gasteiger partial charge in [0.25, 0.3) is 0 Å². The third kappa shape index (κ3) is 3.78. The van der Waals surface area contributed by atoms with Crippen LogP contribution in [0.5, 0.6) is 0 Å². The first-order chi connectivity index (χ1) is 9.16. The summed E-state index contributed by atoms with van der Waals surface area (Å²) in [5.74, 6) is 0.482. The molecule has 0 saturated heterocycles. The quantitative estimate of drug-likeness (QED) is 0.765. The van der Waals surface area contributed by atoms with E-state index >= 15 is 0 Å². The number of ketones is 1. The lowest BCUT2D eigenvalue weighted by Crippen LogP contribution is -2.07. The molecule has 0 spiro atoms. The smallest absolute Gasteiger partial charge is 0.135 e. The van der Waals surface area contributed by atoms with Crippen molar-refractivity contribution >= 4 is 5.78 Å². The first-order valence-electron chi connectivity index (χ1n) is 6.84. The van der Waals surface area contributed by atoms with Crippen LogP contribution in [0.3, 0.4) is 0 Å². The zero-order valence-corrected chi connectivity index (χ0v) is 11.6. The van der Waals surface area contributed by atoms with Gasteiger partial charge < -0.3 is 0 Å². The van der Waals surface area contributed by atoms with Crippen LogP contribution in [-0.4, -0.2) is 5.78 Å². The molecule has 0 aliphatic heterocycles. The van der Waals surface area contributed by atoms with E-state index in [9.17, 15) is 4.79 Å². The molecule has 0 aliphatic carbocycles. The Morgan fingerprint density at radius 1 is 0.895 bits per heavy atom. The van der Waals surface area contributed by atoms with Gasteiger partial charge in [0.1, 0.15) is 5.78 Å². The monoisotopic (exact) mass is 252 g/mol. The van der Waals surface area contributed by atoms with Crippen molar-refractivity contribution in [2.45, 2.75) is 26.7 Å². The van der Waals surface area contributed by atoms with Crippen molar-refractivity contribution in [3.8, 4) is 11.1 Å². The molecule has 98 valence electrons. The summed E-state index contributed by atoms with van der Waals surface area (Å²) in [6, 6.07) is 18.8. The fraction of sp³-hybridized carbons (Fsp3) is 0.278. The lowest BCUT2D eigenvalue weighted by atomic mass is 9.99. The molecule has 0 N–H and O–H groups in total. The maximum Gasteiger partial charge on any atom is 0.135 e. The van der Waals surface area contributed by atoms with Crippen molar-refractivity contribution in [1.82, 2.24) is 0 Å². The van der Waals surface area contributed by atoms with Crippen LogP contribution >= 0.6 is 0 Å². The molecule has 0 fully saturated rings. The van der Waals surface area contributed by atoms with E-state index in [-0.39, 0.29) is 5.92 Å². The normalized spacial score (nSPS) is 10.7. The molecule has 2 rings (SSSR count). The van der Waals surface area contributed by atoms with E-state index in [1.807, 2.05) is 32.0 Å². The highest BCUT2D eigenvalue weighted by Crippen LogP contribution is 2.19. The van der Waals surface area contributed by atoms with Crippen LogP contribution in [0, 0.1) is 5.92 Å². The second-order valence-electron chi connectivity index (χ2n) is 5.18. The minimum Gasteiger partial charge on any atom is -0.299 e. The number of benzene rings is 2. The Morgan fingerprint density at radius 2 is 1.47 bits per heavy atom. The summed E-state index contributed by atoms with van der Waals surface area (Å²) in [5.41, 5.74) is 3.68. The van der Waals surface area contributed by atoms with Crippen molar-refractivity contribution in [3.63, 3.8) is 0 Å². The predicted octanol–water partition coefficient (Wildman–Crippen LogP) is 4.51. The molecular weight excluding hydrogens is 232 g/mol. The molecule has 0 atom stereocenters. The Bertz CT molecular complexity index is 523. The fourth-order valence-corrected chi connectivity index (χ4v) is 2.05. The summed E-state index contributed by atoms with van der Waals surface area (Å²) < 4.78 is 0. The van der Waals surface area contributed by atoms with Crippen LogP contribution in [0.2, 0.25) is 0 Å². The first-order valence-corrected chi connectivity index (χ1v) is 6.84. The molecule has 0 radical (unpaired) electrons. The molecule has 2 aromatic rings. The Morgan fingerprint density at radius 3 is 2.05 bits per heavy atom. The molecule has 0 heterocycles. The minimum atomic E-state index is 0.142. The van der Waals surface area contributed by atoms with Crippen molar-refractivity contribution in [1.29, 1.82) is 0 Å². The van der Waals surface area contributed by atoms with Crippen LogP contribution < -0.4 is 0 Å². The van der Waals surface area contributed by atoms with Gasteiger partial charge in [-0.05, 0) is 23.1 Å². The molecule has 0 saturated carbocycles. The molecule has 2 aromatic carbocycles. The SMILES string of the molecule is CC(C)C(=O)CCc1ccc(-c2ccccc2)cc1. The summed E-state index contributed by atoms with van der Waals surface area (Å²) in [4.78, 5) is 11.6. The van der Waals surface area contributed by atoms with Crippen LogP contribution in [0.4, 0.5) is 0 Å². The predicted molar refractivity (Wildman–Crippen MR) is 80.0 cm³/mol. The number of Topliss-reactive ketones (excluding diaryl/α,β-unsaturated/α-hetero) is 1. The summed E-state index contributed by atoms with van der Waals surface area (Å²) in [6.07, 6.45) is 1.48. The number of carbonyl (C=O) groups is 1. The largest absolute Gasteiger partial charge is 0.299 e. The third-order valence-electron chi connectivity index (χ3n) is 3.37. The van der Waals surface area contributed by atoms with Crippen LogP contribution in [0.25, 0.3) is 11.1 Å². The highest BCUT2D eigenvalue weighted by molar-refractivity contribution is 5.80. The minimum absolute atomic E-state index is 0.142. The van der Waals surface area contributed by atoms with Crippen LogP contribution in [0.15, 0.2) is 54.6 Å². The Kier molecular flexibility index (Phi) is 4.51. The molecule has 0 unspecified atom stereocenters. The lowest BCUT2D eigenvalue weighted by Gasteiger charge is -2.06. The van der Waals surface area contributed by atoms with E-state index in [2.05, 4.69) is 36.4 Å². The van der Waals surface area contributed by atoms with Gasteiger partial charge in [-0.1, -0.05) is 68.4 Å². The van der Waals surface area contributed by atoms with Gasteiger partial charge in [0, 0.05) is 12.3 Å². The maximum atomic E-state index is 11.6. The number of rotatable bonds is 5. The first kappa shape index (κ1) is 13.5. The second-order valence-corrected chi connectivity index (χ2v) is 5.18. The maximum absolute atomic E-state index is 11.6. The standard InChI is InChI=1S/C18H20O/c1-14(2)18(19)13-10-15-8-11-17(12-9-15)16-6-4-3-5-7-16/h3-9,11-12,14H,10,13H2,1-2H3. The van der Waals surface area contributed by atoms with E-state index in [0.717, 1.165) is 6.42 Å². The summed E-state index contributed by atoms with van der Waals surface area (Å²) in [6.45, 7) is 3.92. The van der Waals surface area contributed by atoms with E-state index in [1.165, 1.54) is 16.7 Å². The van der Waals surface area contributed by atoms with E-state index in [0.29, 0.717) is 12.2 Å². The number of hydrogen-bond acceptors (Lipinski definition) is 1. The molecular formula is C18H20O. The van der Waals surface area contributed by atoms with Gasteiger partial charge in [-0.3, -0.25) is 4.79 Å². The topological polar surface area (TPSA) is 17.1 Å². The van der Waals surface area contributed by atoms with Gasteiger partial charge in [0.05, 0.1) is 0 Å². The highest BCUT2D eigenvalue weighted by atomic mass is 16.1. The molecule has 0 amide bonds. The van der Waals surface area contributed by atoms with Gasteiger partial charge in [-0.2, -0.15) is 0 Å². The van der Waals surface area contributed by atoms with Gasteiger partial charge in [0.15, 0.2) is 0 Å². The lowest BCUT2D eigenvalue weighted by molar-refractivity contribution is -0.121. The van der Waals surface area contributed by atoms with Gasteiger partial charge in [0.2, 0.25) is 0 Å². The molecule has 19 heavy (non-hydrogen) atoms. The van der Waals surface area contributed by atoms with Crippen molar-refractivity contribution in [2.75, 3.05) is 0 Å². The van der Waals surface area contributed by atoms with Crippen molar-refractivity contribution < 1.29 is 4.79 Å². The molecule has 1 heteroatoms. The Hall–Kier alpha value is -1.89. The zero-order valence-electron chi connectivity index (χ0n) is 11.6. The van der Waals surface area contributed by atoms with E-state index in [4.69, 9.17) is 0 Å². The zero-order chi connectivity index (χ0) is 13.7. The number of aryl methyl sites for hydroxylation is 1. The van der Waals surface area contributed by atoms with Gasteiger partial charge in [-0.15, -0.1) is 0 Å². The van der Waals surface area contributed by atoms with Gasteiger partial charge in [-0.25, -0.2) is 0 Å². The van der Waals surface area contributed by atoms with Crippen LogP contribution in [0.1, 0.15) is 25.8 Å². The van der Waals surface area contributed by atoms with Crippen molar-refractivity contribution in [2.24, 2.45) is 5.92 Å². The summed E-state index contributed by atoms with van der Waals surface area (Å²) in [5, 5.41) is 0.